The lowest BCUT2D eigenvalue weighted by atomic mass is 9.65. The van der Waals surface area contributed by atoms with Crippen molar-refractivity contribution in [1.29, 1.82) is 0 Å². The molecule has 8 heteroatoms. The van der Waals surface area contributed by atoms with E-state index >= 15 is 0 Å². The molecule has 4 aliphatic rings. The van der Waals surface area contributed by atoms with Crippen LogP contribution < -0.4 is 14.8 Å². The summed E-state index contributed by atoms with van der Waals surface area (Å²) in [5.74, 6) is 0.852. The number of carbonyl (C=O) groups is 3. The number of likely N-dealkylation sites (tertiary alicyclic amines) is 1. The Kier molecular flexibility index (Phi) is 4.46. The molecule has 8 nitrogen and oxygen atoms in total. The van der Waals surface area contributed by atoms with E-state index in [1.807, 2.05) is 4.90 Å². The monoisotopic (exact) mass is 427 g/mol. The van der Waals surface area contributed by atoms with E-state index in [1.165, 1.54) is 4.90 Å². The van der Waals surface area contributed by atoms with Crippen LogP contribution in [-0.4, -0.2) is 53.1 Å². The molecule has 4 amide bonds. The second-order valence-corrected chi connectivity index (χ2v) is 10.6. The first-order chi connectivity index (χ1) is 14.6. The maximum Gasteiger partial charge on any atom is 0.325 e. The van der Waals surface area contributed by atoms with Crippen molar-refractivity contribution in [1.82, 2.24) is 15.1 Å². The third-order valence-corrected chi connectivity index (χ3v) is 7.00. The van der Waals surface area contributed by atoms with Crippen LogP contribution in [0.3, 0.4) is 0 Å². The van der Waals surface area contributed by atoms with E-state index in [0.29, 0.717) is 11.5 Å². The molecular weight excluding hydrogens is 398 g/mol. The minimum Gasteiger partial charge on any atom is -0.454 e. The molecule has 5 rings (SSSR count). The first kappa shape index (κ1) is 20.2. The highest BCUT2D eigenvalue weighted by atomic mass is 16.7. The van der Waals surface area contributed by atoms with Crippen molar-refractivity contribution in [3.05, 3.63) is 23.8 Å². The predicted molar refractivity (Wildman–Crippen MR) is 111 cm³/mol. The third-order valence-electron chi connectivity index (χ3n) is 7.00. The molecule has 3 aliphatic heterocycles. The number of hydrogen-bond acceptors (Lipinski definition) is 5. The standard InChI is InChI=1S/C23H29N3O5/c1-22(2)8-15-9-23(3,11-22)12-26(15)19(27)7-16-20(28)25(21(29)24-16)10-14-4-5-17-18(6-14)31-13-30-17/h4-6,15-16H,7-13H2,1-3H3,(H,24,29)/t15-,16-,23+/m1/s1. The fourth-order valence-electron chi connectivity index (χ4n) is 6.13. The highest BCUT2D eigenvalue weighted by molar-refractivity contribution is 6.05. The van der Waals surface area contributed by atoms with Crippen LogP contribution in [0.1, 0.15) is 52.0 Å². The Balaban J connectivity index is 1.24. The lowest BCUT2D eigenvalue weighted by Gasteiger charge is -2.39. The summed E-state index contributed by atoms with van der Waals surface area (Å²) in [6, 6.07) is 4.29. The number of ether oxygens (including phenoxy) is 2. The van der Waals surface area contributed by atoms with Crippen LogP contribution in [-0.2, 0) is 16.1 Å². The Morgan fingerprint density at radius 3 is 2.74 bits per heavy atom. The Hall–Kier alpha value is -2.77. The number of nitrogens with zero attached hydrogens (tertiary/aromatic N) is 2. The van der Waals surface area contributed by atoms with Crippen molar-refractivity contribution in [3.8, 4) is 11.5 Å². The summed E-state index contributed by atoms with van der Waals surface area (Å²) >= 11 is 0. The number of benzene rings is 1. The summed E-state index contributed by atoms with van der Waals surface area (Å²) in [6.45, 7) is 7.81. The fraction of sp³-hybridized carbons (Fsp3) is 0.609. The van der Waals surface area contributed by atoms with Crippen LogP contribution in [0.2, 0.25) is 0 Å². The van der Waals surface area contributed by atoms with Gasteiger partial charge in [-0.15, -0.1) is 0 Å². The van der Waals surface area contributed by atoms with Crippen molar-refractivity contribution in [3.63, 3.8) is 0 Å². The van der Waals surface area contributed by atoms with Crippen LogP contribution in [0, 0.1) is 10.8 Å². The van der Waals surface area contributed by atoms with Gasteiger partial charge in [0.2, 0.25) is 12.7 Å². The van der Waals surface area contributed by atoms with E-state index in [4.69, 9.17) is 9.47 Å². The average molecular weight is 428 g/mol. The number of amides is 4. The molecule has 2 bridgehead atoms. The van der Waals surface area contributed by atoms with Gasteiger partial charge in [0, 0.05) is 12.6 Å². The van der Waals surface area contributed by atoms with Gasteiger partial charge in [0.25, 0.3) is 5.91 Å². The van der Waals surface area contributed by atoms with Crippen molar-refractivity contribution >= 4 is 17.8 Å². The topological polar surface area (TPSA) is 88.2 Å². The molecule has 0 radical (unpaired) electrons. The molecule has 31 heavy (non-hydrogen) atoms. The molecule has 1 aromatic carbocycles. The lowest BCUT2D eigenvalue weighted by molar-refractivity contribution is -0.136. The minimum absolute atomic E-state index is 0.00915. The van der Waals surface area contributed by atoms with Gasteiger partial charge in [-0.1, -0.05) is 26.8 Å². The molecule has 2 saturated heterocycles. The molecule has 3 atom stereocenters. The maximum absolute atomic E-state index is 13.1. The van der Waals surface area contributed by atoms with E-state index in [0.717, 1.165) is 31.4 Å². The van der Waals surface area contributed by atoms with Crippen molar-refractivity contribution in [2.75, 3.05) is 13.3 Å². The van der Waals surface area contributed by atoms with E-state index in [1.54, 1.807) is 18.2 Å². The zero-order valence-electron chi connectivity index (χ0n) is 18.3. The van der Waals surface area contributed by atoms with Gasteiger partial charge >= 0.3 is 6.03 Å². The third kappa shape index (κ3) is 3.62. The second-order valence-electron chi connectivity index (χ2n) is 10.6. The molecule has 0 spiro atoms. The zero-order valence-corrected chi connectivity index (χ0v) is 18.3. The van der Waals surface area contributed by atoms with Gasteiger partial charge in [0.1, 0.15) is 6.04 Å². The molecule has 1 N–H and O–H groups in total. The van der Waals surface area contributed by atoms with Crippen LogP contribution in [0.25, 0.3) is 0 Å². The van der Waals surface area contributed by atoms with Gasteiger partial charge in [0.05, 0.1) is 13.0 Å². The van der Waals surface area contributed by atoms with Crippen LogP contribution in [0.5, 0.6) is 11.5 Å². The molecule has 3 fully saturated rings. The molecule has 1 aromatic rings. The Labute approximate surface area is 181 Å². The van der Waals surface area contributed by atoms with Crippen molar-refractivity contribution in [2.24, 2.45) is 10.8 Å². The van der Waals surface area contributed by atoms with E-state index in [-0.39, 0.29) is 48.4 Å². The molecular formula is C23H29N3O5. The number of fused-ring (bicyclic) bond motifs is 3. The summed E-state index contributed by atoms with van der Waals surface area (Å²) in [7, 11) is 0. The van der Waals surface area contributed by atoms with Gasteiger partial charge in [-0.05, 0) is 47.8 Å². The summed E-state index contributed by atoms with van der Waals surface area (Å²) in [5.41, 5.74) is 1.12. The first-order valence-corrected chi connectivity index (χ1v) is 10.9. The number of urea groups is 1. The summed E-state index contributed by atoms with van der Waals surface area (Å²) in [5, 5.41) is 2.70. The highest BCUT2D eigenvalue weighted by Crippen LogP contribution is 2.52. The Morgan fingerprint density at radius 1 is 1.16 bits per heavy atom. The van der Waals surface area contributed by atoms with Gasteiger partial charge in [-0.25, -0.2) is 4.79 Å². The quantitative estimate of drug-likeness (QED) is 0.747. The van der Waals surface area contributed by atoms with Gasteiger partial charge in [0.15, 0.2) is 11.5 Å². The van der Waals surface area contributed by atoms with Crippen LogP contribution >= 0.6 is 0 Å². The zero-order chi connectivity index (χ0) is 22.0. The van der Waals surface area contributed by atoms with Crippen LogP contribution in [0.4, 0.5) is 4.79 Å². The van der Waals surface area contributed by atoms with Gasteiger partial charge in [-0.3, -0.25) is 14.5 Å². The number of hydrogen-bond donors (Lipinski definition) is 1. The average Bonchev–Trinajstić information content (AvgIpc) is 3.31. The minimum atomic E-state index is -0.810. The van der Waals surface area contributed by atoms with Gasteiger partial charge < -0.3 is 19.7 Å². The second kappa shape index (κ2) is 6.87. The Morgan fingerprint density at radius 2 is 1.94 bits per heavy atom. The summed E-state index contributed by atoms with van der Waals surface area (Å²) in [6.07, 6.45) is 3.11. The summed E-state index contributed by atoms with van der Waals surface area (Å²) < 4.78 is 10.7. The first-order valence-electron chi connectivity index (χ1n) is 10.9. The van der Waals surface area contributed by atoms with E-state index < -0.39 is 12.1 Å². The maximum atomic E-state index is 13.1. The largest absolute Gasteiger partial charge is 0.454 e. The normalized spacial score (nSPS) is 30.7. The van der Waals surface area contributed by atoms with Crippen LogP contribution in [0.15, 0.2) is 18.2 Å². The highest BCUT2D eigenvalue weighted by Gasteiger charge is 2.51. The molecule has 1 saturated carbocycles. The SMILES string of the molecule is CC1(C)C[C@@H]2C[C@](C)(CN2C(=O)C[C@H]2NC(=O)N(Cc3ccc4c(c3)OCO4)C2=O)C1. The van der Waals surface area contributed by atoms with Gasteiger partial charge in [-0.2, -0.15) is 0 Å². The van der Waals surface area contributed by atoms with Crippen molar-refractivity contribution in [2.45, 2.75) is 65.1 Å². The summed E-state index contributed by atoms with van der Waals surface area (Å²) in [4.78, 5) is 41.6. The smallest absolute Gasteiger partial charge is 0.325 e. The predicted octanol–water partition coefficient (Wildman–Crippen LogP) is 2.65. The molecule has 3 heterocycles. The number of imide groups is 1. The molecule has 0 aromatic heterocycles. The van der Waals surface area contributed by atoms with E-state index in [2.05, 4.69) is 26.1 Å². The molecule has 1 aliphatic carbocycles. The number of nitrogens with one attached hydrogen (secondary N) is 1. The lowest BCUT2D eigenvalue weighted by Crippen LogP contribution is -2.42. The van der Waals surface area contributed by atoms with Crippen molar-refractivity contribution < 1.29 is 23.9 Å². The van der Waals surface area contributed by atoms with E-state index in [9.17, 15) is 14.4 Å². The Bertz CT molecular complexity index is 961. The molecule has 0 unspecified atom stereocenters. The number of carbonyl (C=O) groups excluding carboxylic acids is 3. The fourth-order valence-corrected chi connectivity index (χ4v) is 6.13. The molecule has 166 valence electrons. The number of rotatable bonds is 4.